The van der Waals surface area contributed by atoms with Crippen molar-refractivity contribution < 1.29 is 4.79 Å². The van der Waals surface area contributed by atoms with Crippen LogP contribution in [-0.4, -0.2) is 31.6 Å². The van der Waals surface area contributed by atoms with Crippen molar-refractivity contribution in [1.82, 2.24) is 20.2 Å². The van der Waals surface area contributed by atoms with Crippen LogP contribution in [0.5, 0.6) is 0 Å². The summed E-state index contributed by atoms with van der Waals surface area (Å²) in [5.41, 5.74) is 6.35. The van der Waals surface area contributed by atoms with Crippen LogP contribution in [0.4, 0.5) is 5.69 Å². The number of para-hydroxylation sites is 2. The first kappa shape index (κ1) is 25.2. The second-order valence-electron chi connectivity index (χ2n) is 8.78. The highest BCUT2D eigenvalue weighted by Crippen LogP contribution is 2.26. The summed E-state index contributed by atoms with van der Waals surface area (Å²) in [4.78, 5) is 13.0. The minimum Gasteiger partial charge on any atom is -0.378 e. The van der Waals surface area contributed by atoms with E-state index in [1.54, 1.807) is 0 Å². The third-order valence-electron chi connectivity index (χ3n) is 6.09. The molecule has 0 aliphatic carbocycles. The van der Waals surface area contributed by atoms with E-state index in [-0.39, 0.29) is 5.91 Å². The zero-order valence-electron chi connectivity index (χ0n) is 21.2. The number of nitrogens with one attached hydrogen (secondary N) is 2. The number of amides is 1. The van der Waals surface area contributed by atoms with Crippen molar-refractivity contribution in [2.75, 3.05) is 5.32 Å². The van der Waals surface area contributed by atoms with Crippen LogP contribution in [0.1, 0.15) is 25.2 Å². The quantitative estimate of drug-likeness (QED) is 0.140. The highest BCUT2D eigenvalue weighted by molar-refractivity contribution is 8.00. The van der Waals surface area contributed by atoms with Crippen LogP contribution < -0.4 is 10.7 Å². The third kappa shape index (κ3) is 5.92. The van der Waals surface area contributed by atoms with E-state index in [2.05, 4.69) is 50.3 Å². The fourth-order valence-electron chi connectivity index (χ4n) is 3.99. The molecule has 4 aromatic carbocycles. The van der Waals surface area contributed by atoms with E-state index in [0.717, 1.165) is 33.9 Å². The monoisotopic (exact) mass is 520 g/mol. The minimum absolute atomic E-state index is 0.207. The fraction of sp³-hybridized carbons (Fsp3) is 0.133. The van der Waals surface area contributed by atoms with Crippen molar-refractivity contribution in [3.05, 3.63) is 115 Å². The Labute approximate surface area is 226 Å². The second kappa shape index (κ2) is 11.7. The molecule has 0 unspecified atom stereocenters. The smallest absolute Gasteiger partial charge is 0.253 e. The van der Waals surface area contributed by atoms with E-state index in [9.17, 15) is 4.79 Å². The third-order valence-corrected chi connectivity index (χ3v) is 7.13. The number of rotatable bonds is 9. The van der Waals surface area contributed by atoms with Crippen molar-refractivity contribution >= 4 is 39.8 Å². The summed E-state index contributed by atoms with van der Waals surface area (Å²) < 4.78 is 1.98. The fourth-order valence-corrected chi connectivity index (χ4v) is 4.87. The molecular weight excluding hydrogens is 492 g/mol. The number of hydrogen-bond donors (Lipinski definition) is 2. The van der Waals surface area contributed by atoms with E-state index >= 15 is 0 Å². The summed E-state index contributed by atoms with van der Waals surface area (Å²) in [5.74, 6) is 0.544. The number of aromatic nitrogens is 3. The molecule has 0 saturated carbocycles. The summed E-state index contributed by atoms with van der Waals surface area (Å²) in [5, 5.41) is 19.1. The minimum atomic E-state index is -0.440. The molecule has 5 aromatic rings. The lowest BCUT2D eigenvalue weighted by Gasteiger charge is -2.13. The van der Waals surface area contributed by atoms with Crippen molar-refractivity contribution in [1.29, 1.82) is 0 Å². The number of hydrogen-bond acceptors (Lipinski definition) is 6. The molecular formula is C30H28N6OS. The summed E-state index contributed by atoms with van der Waals surface area (Å²) in [6, 6.07) is 34.2. The van der Waals surface area contributed by atoms with Gasteiger partial charge in [0.15, 0.2) is 11.0 Å². The largest absolute Gasteiger partial charge is 0.378 e. The SMILES string of the molecule is CC(=NNC(=O)[C@H](C)Sc1nnc(CNc2ccccc2)n1-c1ccccc1)c1ccc2ccccc2c1. The summed E-state index contributed by atoms with van der Waals surface area (Å²) in [7, 11) is 0. The highest BCUT2D eigenvalue weighted by atomic mass is 32.2. The van der Waals surface area contributed by atoms with Crippen LogP contribution in [0.2, 0.25) is 0 Å². The Kier molecular flexibility index (Phi) is 7.80. The average Bonchev–Trinajstić information content (AvgIpc) is 3.37. The van der Waals surface area contributed by atoms with Gasteiger partial charge in [-0.1, -0.05) is 84.6 Å². The Morgan fingerprint density at radius 1 is 0.895 bits per heavy atom. The lowest BCUT2D eigenvalue weighted by molar-refractivity contribution is -0.120. The predicted molar refractivity (Wildman–Crippen MR) is 155 cm³/mol. The van der Waals surface area contributed by atoms with Crippen molar-refractivity contribution in [2.24, 2.45) is 5.10 Å². The van der Waals surface area contributed by atoms with E-state index in [0.29, 0.717) is 11.7 Å². The van der Waals surface area contributed by atoms with Gasteiger partial charge in [0.25, 0.3) is 5.91 Å². The maximum absolute atomic E-state index is 13.0. The Hall–Kier alpha value is -4.43. The Balaban J connectivity index is 1.30. The van der Waals surface area contributed by atoms with Gasteiger partial charge in [-0.3, -0.25) is 9.36 Å². The summed E-state index contributed by atoms with van der Waals surface area (Å²) in [6.07, 6.45) is 0. The molecule has 0 fully saturated rings. The number of hydrazone groups is 1. The molecule has 38 heavy (non-hydrogen) atoms. The molecule has 1 amide bonds. The van der Waals surface area contributed by atoms with Crippen LogP contribution >= 0.6 is 11.8 Å². The van der Waals surface area contributed by atoms with Crippen LogP contribution in [0.15, 0.2) is 113 Å². The van der Waals surface area contributed by atoms with Crippen LogP contribution in [-0.2, 0) is 11.3 Å². The van der Waals surface area contributed by atoms with Crippen molar-refractivity contribution in [3.8, 4) is 5.69 Å². The molecule has 0 bridgehead atoms. The summed E-state index contributed by atoms with van der Waals surface area (Å²) in [6.45, 7) is 4.22. The topological polar surface area (TPSA) is 84.2 Å². The van der Waals surface area contributed by atoms with Gasteiger partial charge in [-0.05, 0) is 60.5 Å². The number of nitrogens with zero attached hydrogens (tertiary/aromatic N) is 4. The highest BCUT2D eigenvalue weighted by Gasteiger charge is 2.21. The van der Waals surface area contributed by atoms with Gasteiger partial charge in [-0.15, -0.1) is 10.2 Å². The standard InChI is InChI=1S/C30H28N6OS/c1-21(24-18-17-23-11-9-10-12-25(23)19-24)32-34-29(37)22(2)38-30-35-33-28(20-31-26-13-5-3-6-14-26)36(30)27-15-7-4-8-16-27/h3-19,22,31H,20H2,1-2H3,(H,34,37)/t22-/m0/s1. The van der Waals surface area contributed by atoms with Gasteiger partial charge in [-0.25, -0.2) is 5.43 Å². The van der Waals surface area contributed by atoms with E-state index < -0.39 is 5.25 Å². The van der Waals surface area contributed by atoms with E-state index in [1.165, 1.54) is 17.1 Å². The molecule has 190 valence electrons. The molecule has 0 spiro atoms. The van der Waals surface area contributed by atoms with Crippen LogP contribution in [0.3, 0.4) is 0 Å². The van der Waals surface area contributed by atoms with Crippen molar-refractivity contribution in [3.63, 3.8) is 0 Å². The molecule has 0 saturated heterocycles. The number of thioether (sulfide) groups is 1. The number of carbonyl (C=O) groups excluding carboxylic acids is 1. The molecule has 1 aromatic heterocycles. The molecule has 1 heterocycles. The van der Waals surface area contributed by atoms with Crippen LogP contribution in [0, 0.1) is 0 Å². The van der Waals surface area contributed by atoms with E-state index in [4.69, 9.17) is 0 Å². The lowest BCUT2D eigenvalue weighted by atomic mass is 10.0. The van der Waals surface area contributed by atoms with Gasteiger partial charge in [0, 0.05) is 11.4 Å². The second-order valence-corrected chi connectivity index (χ2v) is 10.1. The molecule has 2 N–H and O–H groups in total. The number of anilines is 1. The predicted octanol–water partition coefficient (Wildman–Crippen LogP) is 6.05. The average molecular weight is 521 g/mol. The Bertz CT molecular complexity index is 1570. The molecule has 0 aliphatic rings. The van der Waals surface area contributed by atoms with Gasteiger partial charge in [0.1, 0.15) is 0 Å². The van der Waals surface area contributed by atoms with Gasteiger partial charge >= 0.3 is 0 Å². The maximum Gasteiger partial charge on any atom is 0.253 e. The molecule has 8 heteroatoms. The van der Waals surface area contributed by atoms with Crippen LogP contribution in [0.25, 0.3) is 16.5 Å². The van der Waals surface area contributed by atoms with Gasteiger partial charge in [0.2, 0.25) is 0 Å². The van der Waals surface area contributed by atoms with Gasteiger partial charge in [0.05, 0.1) is 17.5 Å². The van der Waals surface area contributed by atoms with E-state index in [1.807, 2.05) is 97.3 Å². The maximum atomic E-state index is 13.0. The first-order valence-corrected chi connectivity index (χ1v) is 13.2. The van der Waals surface area contributed by atoms with Gasteiger partial charge < -0.3 is 5.32 Å². The van der Waals surface area contributed by atoms with Gasteiger partial charge in [-0.2, -0.15) is 5.10 Å². The number of fused-ring (bicyclic) bond motifs is 1. The summed E-state index contributed by atoms with van der Waals surface area (Å²) >= 11 is 1.35. The Morgan fingerprint density at radius 2 is 1.58 bits per heavy atom. The Morgan fingerprint density at radius 3 is 2.34 bits per heavy atom. The zero-order chi connectivity index (χ0) is 26.3. The molecule has 1 atom stereocenters. The molecule has 7 nitrogen and oxygen atoms in total. The first-order valence-electron chi connectivity index (χ1n) is 12.4. The molecule has 0 aliphatic heterocycles. The van der Waals surface area contributed by atoms with Crippen molar-refractivity contribution in [2.45, 2.75) is 30.8 Å². The first-order chi connectivity index (χ1) is 18.6. The molecule has 5 rings (SSSR count). The normalized spacial score (nSPS) is 12.3. The zero-order valence-corrected chi connectivity index (χ0v) is 22.0. The lowest BCUT2D eigenvalue weighted by Crippen LogP contribution is -2.28. The molecule has 0 radical (unpaired) electrons. The number of carbonyl (C=O) groups is 1. The number of benzene rings is 4.